The summed E-state index contributed by atoms with van der Waals surface area (Å²) in [5.74, 6) is 1.12. The van der Waals surface area contributed by atoms with Crippen LogP contribution in [0.1, 0.15) is 0 Å². The average Bonchev–Trinajstić information content (AvgIpc) is 3.30. The highest BCUT2D eigenvalue weighted by atomic mass is 35.5. The highest BCUT2D eigenvalue weighted by Crippen LogP contribution is 2.34. The number of β-amino-alcohol motifs (C(OH)–C–C–N with tert-alkyl or cyclic N) is 1. The zero-order valence-corrected chi connectivity index (χ0v) is 19.6. The topological polar surface area (TPSA) is 91.0 Å². The number of rotatable bonds is 7. The van der Waals surface area contributed by atoms with Crippen molar-refractivity contribution in [2.75, 3.05) is 56.7 Å². The van der Waals surface area contributed by atoms with Crippen LogP contribution in [0.15, 0.2) is 55.0 Å². The van der Waals surface area contributed by atoms with Crippen LogP contribution in [0, 0.1) is 0 Å². The van der Waals surface area contributed by atoms with Gasteiger partial charge in [-0.3, -0.25) is 4.90 Å². The maximum atomic E-state index is 9.15. The Kier molecular flexibility index (Phi) is 6.48. The van der Waals surface area contributed by atoms with Crippen LogP contribution in [0.3, 0.4) is 0 Å². The fourth-order valence-corrected chi connectivity index (χ4v) is 4.40. The molecule has 34 heavy (non-hydrogen) atoms. The van der Waals surface area contributed by atoms with Gasteiger partial charge in [0.25, 0.3) is 0 Å². The van der Waals surface area contributed by atoms with E-state index in [0.717, 1.165) is 55.2 Å². The summed E-state index contributed by atoms with van der Waals surface area (Å²) in [6.07, 6.45) is 5.22. The normalized spacial score (nSPS) is 14.5. The summed E-state index contributed by atoms with van der Waals surface area (Å²) in [5.41, 5.74) is 4.21. The van der Waals surface area contributed by atoms with Crippen molar-refractivity contribution in [3.63, 3.8) is 0 Å². The SMILES string of the molecule is COc1cc(N2CCN(CCO)CC2)ccc1Nc1ncc(Cl)c(-c2cnn3ccccc23)n1. The number of halogens is 1. The van der Waals surface area contributed by atoms with Crippen molar-refractivity contribution in [1.82, 2.24) is 24.5 Å². The number of ether oxygens (including phenoxy) is 1. The van der Waals surface area contributed by atoms with E-state index in [4.69, 9.17) is 21.4 Å². The first kappa shape index (κ1) is 22.4. The maximum absolute atomic E-state index is 9.15. The summed E-state index contributed by atoms with van der Waals surface area (Å²) in [4.78, 5) is 13.6. The van der Waals surface area contributed by atoms with E-state index in [0.29, 0.717) is 22.4 Å². The molecule has 0 spiro atoms. The quantitative estimate of drug-likeness (QED) is 0.417. The van der Waals surface area contributed by atoms with E-state index < -0.39 is 0 Å². The molecule has 5 rings (SSSR count). The van der Waals surface area contributed by atoms with E-state index in [1.807, 2.05) is 36.5 Å². The maximum Gasteiger partial charge on any atom is 0.227 e. The molecule has 1 aliphatic rings. The fourth-order valence-electron chi connectivity index (χ4n) is 4.20. The number of pyridine rings is 1. The molecule has 176 valence electrons. The summed E-state index contributed by atoms with van der Waals surface area (Å²) in [5, 5.41) is 17.3. The van der Waals surface area contributed by atoms with Gasteiger partial charge in [0.05, 0.1) is 48.0 Å². The van der Waals surface area contributed by atoms with Gasteiger partial charge in [0.2, 0.25) is 5.95 Å². The second-order valence-electron chi connectivity index (χ2n) is 8.04. The lowest BCUT2D eigenvalue weighted by molar-refractivity contribution is 0.189. The van der Waals surface area contributed by atoms with E-state index in [1.165, 1.54) is 0 Å². The number of benzene rings is 1. The van der Waals surface area contributed by atoms with Crippen LogP contribution >= 0.6 is 11.6 Å². The summed E-state index contributed by atoms with van der Waals surface area (Å²) in [7, 11) is 1.65. The number of hydrogen-bond donors (Lipinski definition) is 2. The molecule has 0 bridgehead atoms. The van der Waals surface area contributed by atoms with Gasteiger partial charge >= 0.3 is 0 Å². The standard InChI is InChI=1S/C24H26ClN7O2/c1-34-22-14-17(31-10-8-30(9-11-31)12-13-33)5-6-20(22)28-24-26-16-19(25)23(29-24)18-15-27-32-7-3-2-4-21(18)32/h2-7,14-16,33H,8-13H2,1H3,(H,26,28,29). The molecule has 4 heterocycles. The largest absolute Gasteiger partial charge is 0.494 e. The Labute approximate surface area is 202 Å². The zero-order chi connectivity index (χ0) is 23.5. The number of methoxy groups -OCH3 is 1. The molecule has 0 unspecified atom stereocenters. The Bertz CT molecular complexity index is 1290. The van der Waals surface area contributed by atoms with Gasteiger partial charge in [-0.05, 0) is 24.3 Å². The summed E-state index contributed by atoms with van der Waals surface area (Å²) in [6, 6.07) is 11.9. The Morgan fingerprint density at radius 3 is 2.76 bits per heavy atom. The smallest absolute Gasteiger partial charge is 0.227 e. The van der Waals surface area contributed by atoms with Gasteiger partial charge in [0.15, 0.2) is 0 Å². The molecule has 0 amide bonds. The first-order valence-electron chi connectivity index (χ1n) is 11.1. The first-order valence-corrected chi connectivity index (χ1v) is 11.5. The third kappa shape index (κ3) is 4.50. The molecule has 0 radical (unpaired) electrons. The lowest BCUT2D eigenvalue weighted by Gasteiger charge is -2.36. The minimum Gasteiger partial charge on any atom is -0.494 e. The summed E-state index contributed by atoms with van der Waals surface area (Å²) in [6.45, 7) is 4.57. The van der Waals surface area contributed by atoms with Crippen LogP contribution in [-0.4, -0.2) is 76.0 Å². The Morgan fingerprint density at radius 2 is 1.97 bits per heavy atom. The molecule has 1 aromatic carbocycles. The van der Waals surface area contributed by atoms with Crippen molar-refractivity contribution in [1.29, 1.82) is 0 Å². The van der Waals surface area contributed by atoms with E-state index in [1.54, 1.807) is 24.0 Å². The van der Waals surface area contributed by atoms with Crippen LogP contribution in [0.25, 0.3) is 16.8 Å². The second-order valence-corrected chi connectivity index (χ2v) is 8.45. The monoisotopic (exact) mass is 479 g/mol. The summed E-state index contributed by atoms with van der Waals surface area (Å²) >= 11 is 6.45. The van der Waals surface area contributed by atoms with Gasteiger partial charge in [-0.2, -0.15) is 5.10 Å². The van der Waals surface area contributed by atoms with Crippen molar-refractivity contribution in [2.24, 2.45) is 0 Å². The molecule has 10 heteroatoms. The third-order valence-electron chi connectivity index (χ3n) is 6.01. The number of nitrogens with zero attached hydrogens (tertiary/aromatic N) is 6. The lowest BCUT2D eigenvalue weighted by Crippen LogP contribution is -2.47. The van der Waals surface area contributed by atoms with Gasteiger partial charge < -0.3 is 20.1 Å². The van der Waals surface area contributed by atoms with Gasteiger partial charge in [0, 0.05) is 56.2 Å². The molecular formula is C24H26ClN7O2. The molecule has 2 N–H and O–H groups in total. The molecular weight excluding hydrogens is 454 g/mol. The van der Waals surface area contributed by atoms with E-state index in [2.05, 4.69) is 36.2 Å². The van der Waals surface area contributed by atoms with Crippen LogP contribution < -0.4 is 15.0 Å². The molecule has 0 aliphatic carbocycles. The van der Waals surface area contributed by atoms with Crippen LogP contribution in [0.2, 0.25) is 5.02 Å². The predicted molar refractivity (Wildman–Crippen MR) is 133 cm³/mol. The van der Waals surface area contributed by atoms with E-state index in [9.17, 15) is 0 Å². The van der Waals surface area contributed by atoms with Crippen molar-refractivity contribution < 1.29 is 9.84 Å². The molecule has 1 fully saturated rings. The number of aliphatic hydroxyl groups excluding tert-OH is 1. The number of aromatic nitrogens is 4. The third-order valence-corrected chi connectivity index (χ3v) is 6.29. The van der Waals surface area contributed by atoms with E-state index in [-0.39, 0.29) is 6.61 Å². The van der Waals surface area contributed by atoms with Crippen molar-refractivity contribution in [2.45, 2.75) is 0 Å². The van der Waals surface area contributed by atoms with Gasteiger partial charge in [-0.15, -0.1) is 0 Å². The zero-order valence-electron chi connectivity index (χ0n) is 18.9. The lowest BCUT2D eigenvalue weighted by atomic mass is 10.2. The number of fused-ring (bicyclic) bond motifs is 1. The molecule has 3 aromatic heterocycles. The van der Waals surface area contributed by atoms with Gasteiger partial charge in [-0.1, -0.05) is 17.7 Å². The first-order chi connectivity index (χ1) is 16.7. The molecule has 0 saturated carbocycles. The number of hydrogen-bond acceptors (Lipinski definition) is 8. The molecule has 9 nitrogen and oxygen atoms in total. The summed E-state index contributed by atoms with van der Waals surface area (Å²) < 4.78 is 7.45. The van der Waals surface area contributed by atoms with Gasteiger partial charge in [0.1, 0.15) is 5.75 Å². The van der Waals surface area contributed by atoms with Gasteiger partial charge in [-0.25, -0.2) is 14.5 Å². The van der Waals surface area contributed by atoms with E-state index >= 15 is 0 Å². The number of anilines is 3. The van der Waals surface area contributed by atoms with Crippen LogP contribution in [-0.2, 0) is 0 Å². The second kappa shape index (κ2) is 9.84. The predicted octanol–water partition coefficient (Wildman–Crippen LogP) is 3.31. The highest BCUT2D eigenvalue weighted by molar-refractivity contribution is 6.33. The minimum atomic E-state index is 0.195. The number of nitrogens with one attached hydrogen (secondary N) is 1. The Balaban J connectivity index is 1.38. The Hall–Kier alpha value is -3.40. The van der Waals surface area contributed by atoms with Crippen molar-refractivity contribution >= 4 is 34.4 Å². The molecule has 0 atom stereocenters. The minimum absolute atomic E-state index is 0.195. The molecule has 4 aromatic rings. The van der Waals surface area contributed by atoms with Crippen molar-refractivity contribution in [3.05, 3.63) is 60.0 Å². The fraction of sp³-hybridized carbons (Fsp3) is 0.292. The number of aliphatic hydroxyl groups is 1. The van der Waals surface area contributed by atoms with Crippen LogP contribution in [0.5, 0.6) is 5.75 Å². The average molecular weight is 480 g/mol. The number of piperazine rings is 1. The molecule has 1 saturated heterocycles. The highest BCUT2D eigenvalue weighted by Gasteiger charge is 2.19. The Morgan fingerprint density at radius 1 is 1.12 bits per heavy atom. The van der Waals surface area contributed by atoms with Crippen molar-refractivity contribution in [3.8, 4) is 17.0 Å². The molecule has 1 aliphatic heterocycles. The van der Waals surface area contributed by atoms with Crippen LogP contribution in [0.4, 0.5) is 17.3 Å².